The molecule has 0 radical (unpaired) electrons. The Balaban J connectivity index is 1.57. The van der Waals surface area contributed by atoms with Gasteiger partial charge in [0.2, 0.25) is 17.5 Å². The predicted octanol–water partition coefficient (Wildman–Crippen LogP) is 1.85. The third-order valence-electron chi connectivity index (χ3n) is 8.29. The molecule has 0 spiro atoms. The van der Waals surface area contributed by atoms with Gasteiger partial charge in [-0.15, -0.1) is 0 Å². The van der Waals surface area contributed by atoms with Gasteiger partial charge in [-0.2, -0.15) is 0 Å². The second kappa shape index (κ2) is 7.95. The lowest BCUT2D eigenvalue weighted by Gasteiger charge is -2.45. The number of aromatic nitrogens is 2. The Morgan fingerprint density at radius 1 is 1.08 bits per heavy atom. The summed E-state index contributed by atoms with van der Waals surface area (Å²) in [6, 6.07) is 13.0. The van der Waals surface area contributed by atoms with Gasteiger partial charge in [0.1, 0.15) is 17.8 Å². The molecular formula is C28H31N5O5. The molecule has 3 aliphatic heterocycles. The molecule has 2 aromatic carbocycles. The van der Waals surface area contributed by atoms with Gasteiger partial charge in [0.25, 0.3) is 5.56 Å². The van der Waals surface area contributed by atoms with Crippen molar-refractivity contribution in [3.05, 3.63) is 70.3 Å². The first-order valence-electron chi connectivity index (χ1n) is 12.8. The van der Waals surface area contributed by atoms with E-state index in [1.54, 1.807) is 67.3 Å². The van der Waals surface area contributed by atoms with E-state index in [4.69, 9.17) is 9.72 Å². The number of para-hydroxylation sites is 2. The third kappa shape index (κ3) is 3.05. The van der Waals surface area contributed by atoms with Gasteiger partial charge < -0.3 is 15.2 Å². The number of hydrogen-bond donors (Lipinski definition) is 3. The van der Waals surface area contributed by atoms with Gasteiger partial charge in [0, 0.05) is 25.0 Å². The molecule has 1 aromatic heterocycles. The highest BCUT2D eigenvalue weighted by Gasteiger charge is 2.62. The third-order valence-corrected chi connectivity index (χ3v) is 8.29. The van der Waals surface area contributed by atoms with Crippen molar-refractivity contribution < 1.29 is 19.4 Å². The Hall–Kier alpha value is -3.60. The van der Waals surface area contributed by atoms with Crippen LogP contribution in [0.3, 0.4) is 0 Å². The van der Waals surface area contributed by atoms with E-state index >= 15 is 0 Å². The maximum atomic E-state index is 14.0. The topological polar surface area (TPSA) is 126 Å². The lowest BCUT2D eigenvalue weighted by molar-refractivity contribution is -0.154. The zero-order valence-corrected chi connectivity index (χ0v) is 22.0. The molecule has 3 N–H and O–H groups in total. The van der Waals surface area contributed by atoms with E-state index < -0.39 is 40.5 Å². The summed E-state index contributed by atoms with van der Waals surface area (Å²) < 4.78 is 7.24. The number of nitrogens with zero attached hydrogens (tertiary/aromatic N) is 3. The molecule has 0 saturated carbocycles. The summed E-state index contributed by atoms with van der Waals surface area (Å²) in [4.78, 5) is 47.5. The first kappa shape index (κ1) is 24.7. The smallest absolute Gasteiger partial charge is 0.262 e. The number of carbonyl (C=O) groups is 2. The molecule has 0 bridgehead atoms. The molecule has 0 aliphatic carbocycles. The average molecular weight is 518 g/mol. The lowest BCUT2D eigenvalue weighted by Crippen LogP contribution is -2.62. The first-order valence-corrected chi connectivity index (χ1v) is 12.8. The number of methoxy groups -OCH3 is 1. The number of hydrogen-bond acceptors (Lipinski definition) is 7. The summed E-state index contributed by atoms with van der Waals surface area (Å²) in [6.07, 6.45) is -0.986. The van der Waals surface area contributed by atoms with Crippen LogP contribution in [-0.2, 0) is 25.7 Å². The normalized spacial score (nSPS) is 29.4. The van der Waals surface area contributed by atoms with E-state index in [1.807, 2.05) is 13.8 Å². The number of aliphatic hydroxyl groups is 1. The van der Waals surface area contributed by atoms with Gasteiger partial charge in [-0.25, -0.2) is 4.98 Å². The molecular weight excluding hydrogens is 486 g/mol. The molecule has 2 amide bonds. The highest BCUT2D eigenvalue weighted by molar-refractivity contribution is 6.05. The summed E-state index contributed by atoms with van der Waals surface area (Å²) in [5.41, 5.74) is -2.74. The number of benzene rings is 2. The highest BCUT2D eigenvalue weighted by atomic mass is 16.5. The van der Waals surface area contributed by atoms with Crippen LogP contribution in [0.4, 0.5) is 5.69 Å². The van der Waals surface area contributed by atoms with Gasteiger partial charge >= 0.3 is 0 Å². The van der Waals surface area contributed by atoms with Gasteiger partial charge in [-0.05, 0) is 32.0 Å². The quantitative estimate of drug-likeness (QED) is 0.482. The zero-order chi connectivity index (χ0) is 27.2. The molecule has 10 nitrogen and oxygen atoms in total. The fraction of sp³-hybridized carbons (Fsp3) is 0.429. The minimum atomic E-state index is -1.67. The van der Waals surface area contributed by atoms with Crippen molar-refractivity contribution in [2.75, 3.05) is 12.0 Å². The second-order valence-electron chi connectivity index (χ2n) is 11.2. The second-order valence-corrected chi connectivity index (χ2v) is 11.2. The molecule has 1 fully saturated rings. The summed E-state index contributed by atoms with van der Waals surface area (Å²) in [6.45, 7) is 7.28. The largest absolute Gasteiger partial charge is 0.381 e. The fourth-order valence-corrected chi connectivity index (χ4v) is 6.28. The van der Waals surface area contributed by atoms with Gasteiger partial charge in [-0.3, -0.25) is 29.2 Å². The van der Waals surface area contributed by atoms with Crippen molar-refractivity contribution in [3.8, 4) is 0 Å². The highest BCUT2D eigenvalue weighted by Crippen LogP contribution is 2.51. The van der Waals surface area contributed by atoms with Crippen LogP contribution in [0.15, 0.2) is 53.3 Å². The van der Waals surface area contributed by atoms with E-state index in [0.717, 1.165) is 0 Å². The molecule has 10 heteroatoms. The maximum Gasteiger partial charge on any atom is 0.262 e. The number of anilines is 1. The van der Waals surface area contributed by atoms with Crippen LogP contribution in [0.2, 0.25) is 0 Å². The van der Waals surface area contributed by atoms with Crippen molar-refractivity contribution in [2.45, 2.75) is 63.2 Å². The Morgan fingerprint density at radius 2 is 1.76 bits per heavy atom. The molecule has 3 aliphatic rings. The maximum absolute atomic E-state index is 14.0. The fourth-order valence-electron chi connectivity index (χ4n) is 6.28. The van der Waals surface area contributed by atoms with Crippen LogP contribution >= 0.6 is 0 Å². The summed E-state index contributed by atoms with van der Waals surface area (Å²) >= 11 is 0. The van der Waals surface area contributed by atoms with Crippen LogP contribution < -0.4 is 21.1 Å². The summed E-state index contributed by atoms with van der Waals surface area (Å²) in [5, 5.41) is 19.0. The SMILES string of the molecule is CO[C@@]1(C(C)C)NC(=O)[C@@H](C[C@]2(O)c3ccccc3N3C(=O)C(C)(C)N[C@H]32)n2c1nc1ccccc1c2=O. The van der Waals surface area contributed by atoms with Crippen molar-refractivity contribution in [2.24, 2.45) is 5.92 Å². The van der Waals surface area contributed by atoms with E-state index in [1.165, 1.54) is 11.7 Å². The summed E-state index contributed by atoms with van der Waals surface area (Å²) in [7, 11) is 1.47. The van der Waals surface area contributed by atoms with Crippen LogP contribution in [0.5, 0.6) is 0 Å². The number of fused-ring (bicyclic) bond motifs is 5. The van der Waals surface area contributed by atoms with Crippen LogP contribution in [-0.4, -0.2) is 45.3 Å². The lowest BCUT2D eigenvalue weighted by atomic mass is 9.84. The molecule has 38 heavy (non-hydrogen) atoms. The molecule has 3 aromatic rings. The summed E-state index contributed by atoms with van der Waals surface area (Å²) in [5.74, 6) is -0.647. The molecule has 0 unspecified atom stereocenters. The number of rotatable bonds is 4. The van der Waals surface area contributed by atoms with E-state index in [-0.39, 0.29) is 24.1 Å². The molecule has 1 saturated heterocycles. The number of amides is 2. The zero-order valence-electron chi connectivity index (χ0n) is 22.0. The predicted molar refractivity (Wildman–Crippen MR) is 140 cm³/mol. The van der Waals surface area contributed by atoms with E-state index in [2.05, 4.69) is 10.6 Å². The van der Waals surface area contributed by atoms with Crippen molar-refractivity contribution in [1.82, 2.24) is 20.2 Å². The standard InChI is InChI=1S/C28H31N5O5/c1-15(2)28(38-5)24-29-18-12-8-6-10-16(18)22(35)32(24)20(21(34)30-28)14-27(37)17-11-7-9-13-19(17)33-23(27)31-26(3,4)25(33)36/h6-13,15,20,23,31,37H,14H2,1-5H3,(H,30,34)/t20-,23-,27+,28-/m1/s1. The minimum Gasteiger partial charge on any atom is -0.381 e. The van der Waals surface area contributed by atoms with Crippen LogP contribution in [0, 0.1) is 5.92 Å². The van der Waals surface area contributed by atoms with Crippen molar-refractivity contribution in [3.63, 3.8) is 0 Å². The molecule has 4 heterocycles. The molecule has 6 rings (SSSR count). The van der Waals surface area contributed by atoms with E-state index in [0.29, 0.717) is 22.2 Å². The van der Waals surface area contributed by atoms with Gasteiger partial charge in [0.05, 0.1) is 22.1 Å². The van der Waals surface area contributed by atoms with Crippen molar-refractivity contribution in [1.29, 1.82) is 0 Å². The van der Waals surface area contributed by atoms with Crippen molar-refractivity contribution >= 4 is 28.4 Å². The number of carbonyl (C=O) groups excluding carboxylic acids is 2. The Morgan fingerprint density at radius 3 is 2.47 bits per heavy atom. The Kier molecular flexibility index (Phi) is 5.17. The molecule has 198 valence electrons. The number of nitrogens with one attached hydrogen (secondary N) is 2. The average Bonchev–Trinajstić information content (AvgIpc) is 3.27. The van der Waals surface area contributed by atoms with E-state index in [9.17, 15) is 19.5 Å². The molecule has 4 atom stereocenters. The monoisotopic (exact) mass is 517 g/mol. The van der Waals surface area contributed by atoms with Crippen LogP contribution in [0.25, 0.3) is 10.9 Å². The number of ether oxygens (including phenoxy) is 1. The van der Waals surface area contributed by atoms with Gasteiger partial charge in [-0.1, -0.05) is 44.2 Å². The Labute approximate surface area is 219 Å². The first-order chi connectivity index (χ1) is 18.0. The Bertz CT molecular complexity index is 1560. The van der Waals surface area contributed by atoms with Crippen LogP contribution in [0.1, 0.15) is 51.5 Å². The van der Waals surface area contributed by atoms with Gasteiger partial charge in [0.15, 0.2) is 5.82 Å². The minimum absolute atomic E-state index is 0.168.